The lowest BCUT2D eigenvalue weighted by molar-refractivity contribution is 0.337. The van der Waals surface area contributed by atoms with Crippen molar-refractivity contribution in [3.8, 4) is 0 Å². The van der Waals surface area contributed by atoms with Gasteiger partial charge in [-0.25, -0.2) is 0 Å². The van der Waals surface area contributed by atoms with E-state index >= 15 is 0 Å². The van der Waals surface area contributed by atoms with Gasteiger partial charge in [0.15, 0.2) is 0 Å². The van der Waals surface area contributed by atoms with Crippen LogP contribution in [0.5, 0.6) is 0 Å². The van der Waals surface area contributed by atoms with Crippen LogP contribution < -0.4 is 5.32 Å². The molecule has 0 fully saturated rings. The van der Waals surface area contributed by atoms with Crippen LogP contribution in [-0.2, 0) is 6.42 Å². The van der Waals surface area contributed by atoms with Gasteiger partial charge in [-0.05, 0) is 53.3 Å². The molecule has 0 aromatic heterocycles. The molecular formula is C17H17Cl2N. The smallest absolute Gasteiger partial charge is 0.0571 e. The number of anilines is 1. The van der Waals surface area contributed by atoms with Gasteiger partial charge >= 0.3 is 0 Å². The maximum Gasteiger partial charge on any atom is 0.0571 e. The highest BCUT2D eigenvalue weighted by molar-refractivity contribution is 6.31. The standard InChI is InChI=1S/C17H17Cl2N/c1-17(2)10-11-6-7-13(19)9-15(11)16(17)20-14-5-3-4-12(18)8-14/h3-9,16,20H,10H2,1-2H3. The SMILES string of the molecule is CC1(C)Cc2ccc(Cl)cc2C1Nc1cccc(Cl)c1. The van der Waals surface area contributed by atoms with E-state index in [1.807, 2.05) is 30.3 Å². The fourth-order valence-electron chi connectivity index (χ4n) is 3.03. The molecule has 3 rings (SSSR count). The molecule has 0 saturated heterocycles. The molecule has 0 aliphatic heterocycles. The van der Waals surface area contributed by atoms with Crippen molar-refractivity contribution in [1.29, 1.82) is 0 Å². The van der Waals surface area contributed by atoms with Gasteiger partial charge in [-0.15, -0.1) is 0 Å². The van der Waals surface area contributed by atoms with Gasteiger partial charge in [0.2, 0.25) is 0 Å². The Kier molecular flexibility index (Phi) is 3.43. The van der Waals surface area contributed by atoms with Crippen LogP contribution in [0, 0.1) is 5.41 Å². The molecule has 1 aliphatic rings. The van der Waals surface area contributed by atoms with Crippen LogP contribution >= 0.6 is 23.2 Å². The van der Waals surface area contributed by atoms with E-state index in [0.717, 1.165) is 22.2 Å². The predicted octanol–water partition coefficient (Wildman–Crippen LogP) is 5.73. The molecule has 1 nitrogen and oxygen atoms in total. The first-order valence-corrected chi connectivity index (χ1v) is 7.52. The summed E-state index contributed by atoms with van der Waals surface area (Å²) in [5, 5.41) is 5.15. The second-order valence-corrected chi connectivity index (χ2v) is 6.97. The average molecular weight is 306 g/mol. The molecule has 0 heterocycles. The van der Waals surface area contributed by atoms with Gasteiger partial charge in [0.25, 0.3) is 0 Å². The largest absolute Gasteiger partial charge is 0.378 e. The number of nitrogens with one attached hydrogen (secondary N) is 1. The number of fused-ring (bicyclic) bond motifs is 1. The average Bonchev–Trinajstić information content (AvgIpc) is 2.61. The van der Waals surface area contributed by atoms with Crippen molar-refractivity contribution >= 4 is 28.9 Å². The van der Waals surface area contributed by atoms with Crippen LogP contribution in [-0.4, -0.2) is 0 Å². The van der Waals surface area contributed by atoms with Crippen LogP contribution in [0.1, 0.15) is 31.0 Å². The highest BCUT2D eigenvalue weighted by Crippen LogP contribution is 2.47. The fraction of sp³-hybridized carbons (Fsp3) is 0.294. The van der Waals surface area contributed by atoms with Crippen molar-refractivity contribution in [2.75, 3.05) is 5.32 Å². The first-order chi connectivity index (χ1) is 9.45. The lowest BCUT2D eigenvalue weighted by Gasteiger charge is -2.29. The van der Waals surface area contributed by atoms with Gasteiger partial charge in [0.1, 0.15) is 0 Å². The summed E-state index contributed by atoms with van der Waals surface area (Å²) < 4.78 is 0. The molecule has 0 radical (unpaired) electrons. The third kappa shape index (κ3) is 2.53. The first kappa shape index (κ1) is 13.8. The molecule has 0 bridgehead atoms. The summed E-state index contributed by atoms with van der Waals surface area (Å²) >= 11 is 12.2. The van der Waals surface area contributed by atoms with Gasteiger partial charge in [0, 0.05) is 15.7 Å². The van der Waals surface area contributed by atoms with Crippen LogP contribution in [0.15, 0.2) is 42.5 Å². The normalized spacial score (nSPS) is 19.7. The van der Waals surface area contributed by atoms with Gasteiger partial charge < -0.3 is 5.32 Å². The van der Waals surface area contributed by atoms with Crippen molar-refractivity contribution in [3.63, 3.8) is 0 Å². The van der Waals surface area contributed by atoms with Crippen LogP contribution in [0.2, 0.25) is 10.0 Å². The lowest BCUT2D eigenvalue weighted by Crippen LogP contribution is -2.24. The monoisotopic (exact) mass is 305 g/mol. The van der Waals surface area contributed by atoms with E-state index in [1.54, 1.807) is 0 Å². The Bertz CT molecular complexity index is 649. The summed E-state index contributed by atoms with van der Waals surface area (Å²) in [5.41, 5.74) is 3.86. The quantitative estimate of drug-likeness (QED) is 0.747. The zero-order valence-electron chi connectivity index (χ0n) is 11.6. The van der Waals surface area contributed by atoms with E-state index in [4.69, 9.17) is 23.2 Å². The molecule has 0 amide bonds. The zero-order chi connectivity index (χ0) is 14.3. The minimum Gasteiger partial charge on any atom is -0.378 e. The van der Waals surface area contributed by atoms with E-state index in [9.17, 15) is 0 Å². The molecule has 2 aromatic carbocycles. The second kappa shape index (κ2) is 4.98. The maximum atomic E-state index is 6.16. The lowest BCUT2D eigenvalue weighted by atomic mass is 9.85. The van der Waals surface area contributed by atoms with Crippen molar-refractivity contribution in [2.24, 2.45) is 5.41 Å². The number of hydrogen-bond donors (Lipinski definition) is 1. The number of rotatable bonds is 2. The van der Waals surface area contributed by atoms with Crippen LogP contribution in [0.3, 0.4) is 0 Å². The Morgan fingerprint density at radius 1 is 1.05 bits per heavy atom. The Hall–Kier alpha value is -1.18. The zero-order valence-corrected chi connectivity index (χ0v) is 13.1. The Morgan fingerprint density at radius 2 is 1.80 bits per heavy atom. The molecule has 1 N–H and O–H groups in total. The van der Waals surface area contributed by atoms with Crippen LogP contribution in [0.4, 0.5) is 5.69 Å². The highest BCUT2D eigenvalue weighted by atomic mass is 35.5. The van der Waals surface area contributed by atoms with Gasteiger partial charge in [0.05, 0.1) is 6.04 Å². The molecular weight excluding hydrogens is 289 g/mol. The number of halogens is 2. The summed E-state index contributed by atoms with van der Waals surface area (Å²) in [4.78, 5) is 0. The molecule has 1 aliphatic carbocycles. The van der Waals surface area contributed by atoms with Crippen molar-refractivity contribution in [3.05, 3.63) is 63.6 Å². The first-order valence-electron chi connectivity index (χ1n) is 6.76. The Morgan fingerprint density at radius 3 is 2.55 bits per heavy atom. The van der Waals surface area contributed by atoms with Crippen molar-refractivity contribution < 1.29 is 0 Å². The van der Waals surface area contributed by atoms with E-state index in [2.05, 4.69) is 31.3 Å². The fourth-order valence-corrected chi connectivity index (χ4v) is 3.40. The molecule has 0 saturated carbocycles. The number of benzene rings is 2. The summed E-state index contributed by atoms with van der Waals surface area (Å²) in [7, 11) is 0. The van der Waals surface area contributed by atoms with E-state index < -0.39 is 0 Å². The molecule has 104 valence electrons. The Labute approximate surface area is 129 Å². The van der Waals surface area contributed by atoms with E-state index in [1.165, 1.54) is 11.1 Å². The molecule has 3 heteroatoms. The predicted molar refractivity (Wildman–Crippen MR) is 86.8 cm³/mol. The van der Waals surface area contributed by atoms with Crippen LogP contribution in [0.25, 0.3) is 0 Å². The summed E-state index contributed by atoms with van der Waals surface area (Å²) in [6, 6.07) is 14.3. The second-order valence-electron chi connectivity index (χ2n) is 6.10. The number of hydrogen-bond acceptors (Lipinski definition) is 1. The summed E-state index contributed by atoms with van der Waals surface area (Å²) in [6.45, 7) is 4.56. The van der Waals surface area contributed by atoms with E-state index in [-0.39, 0.29) is 11.5 Å². The van der Waals surface area contributed by atoms with E-state index in [0.29, 0.717) is 0 Å². The highest BCUT2D eigenvalue weighted by Gasteiger charge is 2.38. The topological polar surface area (TPSA) is 12.0 Å². The van der Waals surface area contributed by atoms with Crippen molar-refractivity contribution in [2.45, 2.75) is 26.3 Å². The maximum absolute atomic E-state index is 6.16. The minimum atomic E-state index is 0.148. The van der Waals surface area contributed by atoms with Gasteiger partial charge in [-0.1, -0.05) is 49.2 Å². The third-order valence-corrected chi connectivity index (χ3v) is 4.45. The van der Waals surface area contributed by atoms with Gasteiger partial charge in [-0.2, -0.15) is 0 Å². The van der Waals surface area contributed by atoms with Gasteiger partial charge in [-0.3, -0.25) is 0 Å². The molecule has 20 heavy (non-hydrogen) atoms. The summed E-state index contributed by atoms with van der Waals surface area (Å²) in [6.07, 6.45) is 1.05. The summed E-state index contributed by atoms with van der Waals surface area (Å²) in [5.74, 6) is 0. The minimum absolute atomic E-state index is 0.148. The molecule has 0 spiro atoms. The van der Waals surface area contributed by atoms with Crippen molar-refractivity contribution in [1.82, 2.24) is 0 Å². The Balaban J connectivity index is 1.98. The third-order valence-electron chi connectivity index (χ3n) is 3.98. The molecule has 1 atom stereocenters. The molecule has 1 unspecified atom stereocenters. The molecule has 2 aromatic rings.